The number of oxazole rings is 1. The summed E-state index contributed by atoms with van der Waals surface area (Å²) in [5.74, 6) is 1.05. The molecule has 0 aliphatic heterocycles. The molecular weight excluding hydrogens is 349 g/mol. The zero-order chi connectivity index (χ0) is 19.9. The second kappa shape index (κ2) is 9.16. The normalized spacial score (nSPS) is 12.0. The molecule has 0 fully saturated rings. The smallest absolute Gasteiger partial charge is 0.246 e. The molecule has 1 aromatic carbocycles. The highest BCUT2D eigenvalue weighted by molar-refractivity contribution is 5.94. The number of halogens is 1. The van der Waals surface area contributed by atoms with Crippen LogP contribution in [0.25, 0.3) is 0 Å². The number of amides is 1. The number of anilines is 1. The molecule has 0 bridgehead atoms. The third kappa shape index (κ3) is 6.73. The monoisotopic (exact) mass is 375 g/mol. The van der Waals surface area contributed by atoms with Gasteiger partial charge < -0.3 is 20.4 Å². The number of hydrogen-bond acceptors (Lipinski definition) is 4. The first-order valence-corrected chi connectivity index (χ1v) is 8.80. The Hall–Kier alpha value is -2.90. The average Bonchev–Trinajstić information content (AvgIpc) is 3.07. The Morgan fingerprint density at radius 3 is 2.70 bits per heavy atom. The third-order valence-electron chi connectivity index (χ3n) is 3.53. The van der Waals surface area contributed by atoms with Crippen molar-refractivity contribution < 1.29 is 13.6 Å². The van der Waals surface area contributed by atoms with E-state index in [1.807, 2.05) is 27.7 Å². The number of aromatic nitrogens is 1. The first-order chi connectivity index (χ1) is 12.8. The van der Waals surface area contributed by atoms with Gasteiger partial charge in [0.2, 0.25) is 11.8 Å². The minimum atomic E-state index is -0.410. The number of benzene rings is 1. The summed E-state index contributed by atoms with van der Waals surface area (Å²) in [7, 11) is 0. The van der Waals surface area contributed by atoms with Crippen LogP contribution < -0.4 is 16.0 Å². The molecule has 8 heteroatoms. The van der Waals surface area contributed by atoms with Crippen molar-refractivity contribution >= 4 is 17.6 Å². The predicted octanol–water partition coefficient (Wildman–Crippen LogP) is 2.81. The molecule has 3 N–H and O–H groups in total. The topological polar surface area (TPSA) is 91.5 Å². The summed E-state index contributed by atoms with van der Waals surface area (Å²) < 4.78 is 18.9. The maximum absolute atomic E-state index is 13.2. The number of rotatable bonds is 6. The molecule has 27 heavy (non-hydrogen) atoms. The molecule has 7 nitrogen and oxygen atoms in total. The number of carbonyl (C=O) groups is 1. The van der Waals surface area contributed by atoms with E-state index in [0.717, 1.165) is 5.76 Å². The Labute approximate surface area is 158 Å². The van der Waals surface area contributed by atoms with E-state index in [2.05, 4.69) is 25.9 Å². The van der Waals surface area contributed by atoms with Gasteiger partial charge in [-0.15, -0.1) is 0 Å². The van der Waals surface area contributed by atoms with E-state index >= 15 is 0 Å². The molecule has 146 valence electrons. The molecular formula is C19H26FN5O2. The van der Waals surface area contributed by atoms with Gasteiger partial charge in [0.25, 0.3) is 0 Å². The highest BCUT2D eigenvalue weighted by Crippen LogP contribution is 2.22. The quantitative estimate of drug-likeness (QED) is 0.533. The van der Waals surface area contributed by atoms with Crippen LogP contribution in [0.2, 0.25) is 0 Å². The highest BCUT2D eigenvalue weighted by Gasteiger charge is 2.19. The molecule has 0 saturated carbocycles. The van der Waals surface area contributed by atoms with Gasteiger partial charge in [-0.2, -0.15) is 0 Å². The molecule has 0 aliphatic carbocycles. The van der Waals surface area contributed by atoms with Crippen molar-refractivity contribution in [2.45, 2.75) is 39.7 Å². The fraction of sp³-hybridized carbons (Fsp3) is 0.421. The van der Waals surface area contributed by atoms with E-state index < -0.39 is 5.82 Å². The molecule has 1 amide bonds. The lowest BCUT2D eigenvalue weighted by molar-refractivity contribution is -0.114. The number of carbonyl (C=O) groups excluding carboxylic acids is 1. The lowest BCUT2D eigenvalue weighted by Crippen LogP contribution is -2.37. The van der Waals surface area contributed by atoms with Crippen molar-refractivity contribution in [2.24, 2.45) is 4.99 Å². The van der Waals surface area contributed by atoms with Gasteiger partial charge in [0, 0.05) is 17.6 Å². The van der Waals surface area contributed by atoms with Crippen LogP contribution in [0.1, 0.15) is 39.3 Å². The summed E-state index contributed by atoms with van der Waals surface area (Å²) in [6, 6.07) is 5.71. The summed E-state index contributed by atoms with van der Waals surface area (Å²) in [6.07, 6.45) is 1.72. The summed E-state index contributed by atoms with van der Waals surface area (Å²) in [5.41, 5.74) is 0.279. The van der Waals surface area contributed by atoms with Crippen LogP contribution >= 0.6 is 0 Å². The van der Waals surface area contributed by atoms with Crippen LogP contribution in [0.5, 0.6) is 0 Å². The molecule has 0 radical (unpaired) electrons. The van der Waals surface area contributed by atoms with Gasteiger partial charge in [-0.3, -0.25) is 4.79 Å². The molecule has 0 spiro atoms. The summed E-state index contributed by atoms with van der Waals surface area (Å²) in [6.45, 7) is 8.94. The molecule has 2 aromatic rings. The maximum atomic E-state index is 13.2. The Kier molecular flexibility index (Phi) is 6.92. The average molecular weight is 375 g/mol. The van der Waals surface area contributed by atoms with Crippen LogP contribution in [0.4, 0.5) is 10.1 Å². The van der Waals surface area contributed by atoms with Crippen molar-refractivity contribution in [1.29, 1.82) is 0 Å². The van der Waals surface area contributed by atoms with Gasteiger partial charge in [-0.1, -0.05) is 26.8 Å². The van der Waals surface area contributed by atoms with Crippen molar-refractivity contribution in [1.82, 2.24) is 15.6 Å². The second-order valence-corrected chi connectivity index (χ2v) is 6.98. The lowest BCUT2D eigenvalue weighted by Gasteiger charge is -2.13. The summed E-state index contributed by atoms with van der Waals surface area (Å²) in [5, 5.41) is 8.72. The van der Waals surface area contributed by atoms with E-state index in [9.17, 15) is 9.18 Å². The maximum Gasteiger partial charge on any atom is 0.246 e. The Morgan fingerprint density at radius 2 is 2.07 bits per heavy atom. The fourth-order valence-electron chi connectivity index (χ4n) is 2.16. The van der Waals surface area contributed by atoms with Crippen LogP contribution in [-0.4, -0.2) is 29.9 Å². The largest absolute Gasteiger partial charge is 0.443 e. The third-order valence-corrected chi connectivity index (χ3v) is 3.53. The fourth-order valence-corrected chi connectivity index (χ4v) is 2.16. The number of hydrogen-bond donors (Lipinski definition) is 3. The first kappa shape index (κ1) is 20.4. The van der Waals surface area contributed by atoms with Gasteiger partial charge in [0.1, 0.15) is 18.1 Å². The Morgan fingerprint density at radius 1 is 1.30 bits per heavy atom. The number of aliphatic imine (C=N–C) groups is 1. The van der Waals surface area contributed by atoms with E-state index in [4.69, 9.17) is 4.42 Å². The number of nitrogens with one attached hydrogen (secondary N) is 3. The molecule has 1 heterocycles. The highest BCUT2D eigenvalue weighted by atomic mass is 19.1. The van der Waals surface area contributed by atoms with Gasteiger partial charge in [0.15, 0.2) is 5.96 Å². The lowest BCUT2D eigenvalue weighted by atomic mass is 9.94. The van der Waals surface area contributed by atoms with E-state index in [-0.39, 0.29) is 17.9 Å². The van der Waals surface area contributed by atoms with Crippen LogP contribution in [-0.2, 0) is 16.8 Å². The van der Waals surface area contributed by atoms with Crippen molar-refractivity contribution in [3.63, 3.8) is 0 Å². The standard InChI is InChI=1S/C19H26FN5O2/c1-5-21-18(24-12-17-22-10-15(27-17)19(2,3)4)23-11-16(26)25-14-8-6-7-13(20)9-14/h6-10H,5,11-12H2,1-4H3,(H,25,26)(H2,21,23,24). The summed E-state index contributed by atoms with van der Waals surface area (Å²) >= 11 is 0. The van der Waals surface area contributed by atoms with Crippen molar-refractivity contribution in [2.75, 3.05) is 18.4 Å². The molecule has 0 unspecified atom stereocenters. The minimum absolute atomic E-state index is 0.106. The zero-order valence-electron chi connectivity index (χ0n) is 16.1. The number of guanidine groups is 1. The van der Waals surface area contributed by atoms with Crippen LogP contribution in [0.15, 0.2) is 39.9 Å². The Balaban J connectivity index is 1.91. The number of nitrogens with zero attached hydrogens (tertiary/aromatic N) is 2. The molecule has 1 aromatic heterocycles. The van der Waals surface area contributed by atoms with Gasteiger partial charge in [-0.25, -0.2) is 14.4 Å². The van der Waals surface area contributed by atoms with E-state index in [1.54, 1.807) is 12.3 Å². The van der Waals surface area contributed by atoms with Crippen molar-refractivity contribution in [3.05, 3.63) is 47.9 Å². The van der Waals surface area contributed by atoms with Gasteiger partial charge in [-0.05, 0) is 25.1 Å². The van der Waals surface area contributed by atoms with Crippen LogP contribution in [0, 0.1) is 5.82 Å². The van der Waals surface area contributed by atoms with E-state index in [0.29, 0.717) is 30.6 Å². The summed E-state index contributed by atoms with van der Waals surface area (Å²) in [4.78, 5) is 20.5. The minimum Gasteiger partial charge on any atom is -0.443 e. The second-order valence-electron chi connectivity index (χ2n) is 6.98. The van der Waals surface area contributed by atoms with E-state index in [1.165, 1.54) is 18.2 Å². The first-order valence-electron chi connectivity index (χ1n) is 8.80. The molecule has 0 aliphatic rings. The Bertz CT molecular complexity index is 795. The van der Waals surface area contributed by atoms with Gasteiger partial charge >= 0.3 is 0 Å². The van der Waals surface area contributed by atoms with Crippen LogP contribution in [0.3, 0.4) is 0 Å². The molecule has 0 atom stereocenters. The van der Waals surface area contributed by atoms with Gasteiger partial charge in [0.05, 0.1) is 12.7 Å². The molecule has 0 saturated heterocycles. The molecule has 2 rings (SSSR count). The SMILES string of the molecule is CCNC(=NCC(=O)Nc1cccc(F)c1)NCc1ncc(C(C)(C)C)o1. The zero-order valence-corrected chi connectivity index (χ0v) is 16.1. The predicted molar refractivity (Wildman–Crippen MR) is 103 cm³/mol. The van der Waals surface area contributed by atoms with Crippen molar-refractivity contribution in [3.8, 4) is 0 Å².